The number of carboxylic acid groups (broad SMARTS) is 1. The van der Waals surface area contributed by atoms with Gasteiger partial charge in [0.25, 0.3) is 5.91 Å². The second kappa shape index (κ2) is 8.66. The number of carbonyl (C=O) groups is 2. The molecule has 8 heteroatoms. The van der Waals surface area contributed by atoms with Gasteiger partial charge in [0.2, 0.25) is 0 Å². The van der Waals surface area contributed by atoms with Crippen LogP contribution in [0.4, 0.5) is 5.69 Å². The van der Waals surface area contributed by atoms with Gasteiger partial charge in [-0.1, -0.05) is 36.1 Å². The van der Waals surface area contributed by atoms with Crippen molar-refractivity contribution in [3.05, 3.63) is 34.7 Å². The van der Waals surface area contributed by atoms with E-state index in [2.05, 4.69) is 4.90 Å². The first-order valence-corrected chi connectivity index (χ1v) is 9.67. The Bertz CT molecular complexity index is 727. The van der Waals surface area contributed by atoms with Crippen LogP contribution in [0.15, 0.2) is 29.2 Å². The molecule has 0 spiro atoms. The van der Waals surface area contributed by atoms with Crippen LogP contribution in [0.3, 0.4) is 0 Å². The molecule has 2 aliphatic heterocycles. The zero-order valence-corrected chi connectivity index (χ0v) is 15.9. The van der Waals surface area contributed by atoms with Gasteiger partial charge in [-0.3, -0.25) is 14.5 Å². The molecular weight excluding hydrogens is 372 g/mol. The van der Waals surface area contributed by atoms with Crippen LogP contribution in [-0.4, -0.2) is 59.1 Å². The van der Waals surface area contributed by atoms with E-state index >= 15 is 0 Å². The molecule has 2 heterocycles. The number of rotatable bonds is 6. The molecule has 3 rings (SSSR count). The van der Waals surface area contributed by atoms with Crippen molar-refractivity contribution >= 4 is 51.9 Å². The Kier molecular flexibility index (Phi) is 6.29. The van der Waals surface area contributed by atoms with Gasteiger partial charge in [-0.05, 0) is 30.2 Å². The Hall–Kier alpha value is -1.90. The number of nitrogens with zero attached hydrogens (tertiary/aromatic N) is 2. The number of thiocarbonyl (C=S) groups is 1. The van der Waals surface area contributed by atoms with Crippen LogP contribution in [0.1, 0.15) is 18.4 Å². The molecule has 1 aromatic carbocycles. The average molecular weight is 393 g/mol. The number of ether oxygens (including phenoxy) is 1. The van der Waals surface area contributed by atoms with Crippen LogP contribution in [0.25, 0.3) is 6.08 Å². The van der Waals surface area contributed by atoms with Crippen molar-refractivity contribution in [2.45, 2.75) is 12.8 Å². The van der Waals surface area contributed by atoms with E-state index in [4.69, 9.17) is 22.1 Å². The molecular formula is C18H20N2O4S2. The molecule has 6 nitrogen and oxygen atoms in total. The molecule has 0 radical (unpaired) electrons. The first kappa shape index (κ1) is 18.9. The zero-order valence-electron chi connectivity index (χ0n) is 14.2. The van der Waals surface area contributed by atoms with Gasteiger partial charge in [-0.2, -0.15) is 0 Å². The lowest BCUT2D eigenvalue weighted by atomic mass is 10.1. The minimum absolute atomic E-state index is 0.0269. The molecule has 0 aliphatic carbocycles. The lowest BCUT2D eigenvalue weighted by molar-refractivity contribution is -0.137. The number of hydrogen-bond donors (Lipinski definition) is 1. The molecule has 138 valence electrons. The van der Waals surface area contributed by atoms with Crippen molar-refractivity contribution in [3.8, 4) is 0 Å². The van der Waals surface area contributed by atoms with E-state index in [0.29, 0.717) is 22.2 Å². The monoisotopic (exact) mass is 392 g/mol. The van der Waals surface area contributed by atoms with Crippen molar-refractivity contribution in [1.82, 2.24) is 4.90 Å². The Balaban J connectivity index is 1.64. The number of carboxylic acids is 1. The summed E-state index contributed by atoms with van der Waals surface area (Å²) >= 11 is 6.52. The van der Waals surface area contributed by atoms with Crippen molar-refractivity contribution in [3.63, 3.8) is 0 Å². The summed E-state index contributed by atoms with van der Waals surface area (Å²) in [5, 5.41) is 8.72. The Labute approximate surface area is 161 Å². The van der Waals surface area contributed by atoms with E-state index in [1.54, 1.807) is 0 Å². The van der Waals surface area contributed by atoms with Gasteiger partial charge >= 0.3 is 5.97 Å². The molecule has 2 aliphatic rings. The lowest BCUT2D eigenvalue weighted by Gasteiger charge is -2.28. The van der Waals surface area contributed by atoms with Gasteiger partial charge in [-0.25, -0.2) is 0 Å². The molecule has 0 atom stereocenters. The Morgan fingerprint density at radius 1 is 1.27 bits per heavy atom. The summed E-state index contributed by atoms with van der Waals surface area (Å²) in [5.41, 5.74) is 2.08. The average Bonchev–Trinajstić information content (AvgIpc) is 2.90. The predicted octanol–water partition coefficient (Wildman–Crippen LogP) is 2.59. The molecule has 0 saturated carbocycles. The summed E-state index contributed by atoms with van der Waals surface area (Å²) in [5.74, 6) is -1.02. The van der Waals surface area contributed by atoms with E-state index in [1.807, 2.05) is 30.3 Å². The van der Waals surface area contributed by atoms with Gasteiger partial charge in [0.05, 0.1) is 18.1 Å². The molecule has 0 unspecified atom stereocenters. The minimum atomic E-state index is -0.869. The summed E-state index contributed by atoms with van der Waals surface area (Å²) in [6, 6.07) is 8.07. The third-order valence-corrected chi connectivity index (χ3v) is 5.59. The Morgan fingerprint density at radius 3 is 2.62 bits per heavy atom. The summed E-state index contributed by atoms with van der Waals surface area (Å²) in [6.07, 6.45) is 2.25. The predicted molar refractivity (Wildman–Crippen MR) is 106 cm³/mol. The quantitative estimate of drug-likeness (QED) is 0.589. The normalized spacial score (nSPS) is 19.5. The van der Waals surface area contributed by atoms with E-state index in [9.17, 15) is 9.59 Å². The maximum absolute atomic E-state index is 12.5. The fourth-order valence-electron chi connectivity index (χ4n) is 2.84. The molecule has 1 aromatic rings. The minimum Gasteiger partial charge on any atom is -0.481 e. The maximum Gasteiger partial charge on any atom is 0.303 e. The molecule has 2 saturated heterocycles. The highest BCUT2D eigenvalue weighted by Gasteiger charge is 2.31. The molecule has 0 aromatic heterocycles. The topological polar surface area (TPSA) is 70.1 Å². The number of benzene rings is 1. The fourth-order valence-corrected chi connectivity index (χ4v) is 4.14. The Morgan fingerprint density at radius 2 is 1.96 bits per heavy atom. The first-order chi connectivity index (χ1) is 12.5. The number of thioether (sulfide) groups is 1. The van der Waals surface area contributed by atoms with E-state index < -0.39 is 5.97 Å². The number of hydrogen-bond acceptors (Lipinski definition) is 6. The number of amides is 1. The van der Waals surface area contributed by atoms with Crippen LogP contribution < -0.4 is 4.90 Å². The van der Waals surface area contributed by atoms with Crippen molar-refractivity contribution in [2.75, 3.05) is 37.7 Å². The standard InChI is InChI=1S/C18H20N2O4S2/c21-16(22)2-1-7-20-17(23)15(26-18(20)25)12-13-3-5-14(6-4-13)19-8-10-24-11-9-19/h3-6,12H,1-2,7-11H2,(H,21,22). The van der Waals surface area contributed by atoms with Crippen LogP contribution in [0.2, 0.25) is 0 Å². The highest BCUT2D eigenvalue weighted by Crippen LogP contribution is 2.33. The van der Waals surface area contributed by atoms with E-state index in [1.165, 1.54) is 16.7 Å². The fraction of sp³-hybridized carbons (Fsp3) is 0.389. The van der Waals surface area contributed by atoms with Crippen LogP contribution in [0, 0.1) is 0 Å². The maximum atomic E-state index is 12.5. The largest absolute Gasteiger partial charge is 0.481 e. The number of anilines is 1. The van der Waals surface area contributed by atoms with Crippen LogP contribution >= 0.6 is 24.0 Å². The molecule has 1 amide bonds. The lowest BCUT2D eigenvalue weighted by Crippen LogP contribution is -2.36. The molecule has 2 fully saturated rings. The van der Waals surface area contributed by atoms with Crippen molar-refractivity contribution in [1.29, 1.82) is 0 Å². The number of carbonyl (C=O) groups excluding carboxylic acids is 1. The number of aliphatic carboxylic acids is 1. The van der Waals surface area contributed by atoms with Crippen LogP contribution in [-0.2, 0) is 14.3 Å². The summed E-state index contributed by atoms with van der Waals surface area (Å²) < 4.78 is 5.85. The first-order valence-electron chi connectivity index (χ1n) is 8.44. The summed E-state index contributed by atoms with van der Waals surface area (Å²) in [6.45, 7) is 3.59. The second-order valence-electron chi connectivity index (χ2n) is 6.02. The van der Waals surface area contributed by atoms with Gasteiger partial charge in [0.15, 0.2) is 0 Å². The summed E-state index contributed by atoms with van der Waals surface area (Å²) in [4.78, 5) is 27.4. The number of morpholine rings is 1. The molecule has 1 N–H and O–H groups in total. The highest BCUT2D eigenvalue weighted by atomic mass is 32.2. The van der Waals surface area contributed by atoms with Gasteiger partial charge in [-0.15, -0.1) is 0 Å². The second-order valence-corrected chi connectivity index (χ2v) is 7.70. The van der Waals surface area contributed by atoms with Crippen molar-refractivity contribution < 1.29 is 19.4 Å². The zero-order chi connectivity index (χ0) is 18.5. The van der Waals surface area contributed by atoms with Gasteiger partial charge in [0, 0.05) is 31.7 Å². The summed E-state index contributed by atoms with van der Waals surface area (Å²) in [7, 11) is 0. The van der Waals surface area contributed by atoms with Crippen molar-refractivity contribution in [2.24, 2.45) is 0 Å². The SMILES string of the molecule is O=C(O)CCCN1C(=O)C(=Cc2ccc(N3CCOCC3)cc2)SC1=S. The van der Waals surface area contributed by atoms with Gasteiger partial charge < -0.3 is 14.7 Å². The highest BCUT2D eigenvalue weighted by molar-refractivity contribution is 8.26. The van der Waals surface area contributed by atoms with E-state index in [0.717, 1.165) is 37.6 Å². The molecule has 0 bridgehead atoms. The third-order valence-electron chi connectivity index (χ3n) is 4.21. The van der Waals surface area contributed by atoms with E-state index in [-0.39, 0.29) is 12.3 Å². The smallest absolute Gasteiger partial charge is 0.303 e. The molecule has 26 heavy (non-hydrogen) atoms. The van der Waals surface area contributed by atoms with Crippen LogP contribution in [0.5, 0.6) is 0 Å². The van der Waals surface area contributed by atoms with Gasteiger partial charge in [0.1, 0.15) is 4.32 Å². The third kappa shape index (κ3) is 4.63.